The summed E-state index contributed by atoms with van der Waals surface area (Å²) in [6, 6.07) is 16.8. The van der Waals surface area contributed by atoms with Gasteiger partial charge >= 0.3 is 0 Å². The van der Waals surface area contributed by atoms with Gasteiger partial charge in [0.15, 0.2) is 0 Å². The molecular weight excluding hydrogens is 358 g/mol. The zero-order valence-electron chi connectivity index (χ0n) is 16.7. The lowest BCUT2D eigenvalue weighted by Crippen LogP contribution is -2.42. The number of hydrogen-bond acceptors (Lipinski definition) is 3. The van der Waals surface area contributed by atoms with Crippen LogP contribution in [0.25, 0.3) is 0 Å². The van der Waals surface area contributed by atoms with Gasteiger partial charge in [-0.2, -0.15) is 4.31 Å². The molecule has 2 unspecified atom stereocenters. The Kier molecular flexibility index (Phi) is 7.59. The molecule has 4 nitrogen and oxygen atoms in total. The summed E-state index contributed by atoms with van der Waals surface area (Å²) in [5.74, 6) is 0.122. The molecular formula is C22H31NO3S. The van der Waals surface area contributed by atoms with Crippen molar-refractivity contribution in [2.24, 2.45) is 11.8 Å². The van der Waals surface area contributed by atoms with E-state index in [1.165, 1.54) is 4.31 Å². The van der Waals surface area contributed by atoms with Crippen LogP contribution in [0.5, 0.6) is 0 Å². The highest BCUT2D eigenvalue weighted by molar-refractivity contribution is 7.89. The second-order valence-corrected chi connectivity index (χ2v) is 9.70. The van der Waals surface area contributed by atoms with Gasteiger partial charge in [-0.1, -0.05) is 68.8 Å². The Labute approximate surface area is 163 Å². The van der Waals surface area contributed by atoms with Crippen molar-refractivity contribution in [3.05, 3.63) is 65.7 Å². The quantitative estimate of drug-likeness (QED) is 0.708. The Bertz CT molecular complexity index is 801. The van der Waals surface area contributed by atoms with Gasteiger partial charge in [-0.3, -0.25) is 0 Å². The molecule has 0 radical (unpaired) electrons. The molecule has 0 aliphatic rings. The molecule has 27 heavy (non-hydrogen) atoms. The van der Waals surface area contributed by atoms with Gasteiger partial charge in [0.25, 0.3) is 0 Å². The molecule has 0 saturated heterocycles. The highest BCUT2D eigenvalue weighted by Gasteiger charge is 2.29. The van der Waals surface area contributed by atoms with E-state index in [2.05, 4.69) is 0 Å². The monoisotopic (exact) mass is 389 g/mol. The standard InChI is InChI=1S/C22H31NO3S/c1-17(2)15-23(27(25,26)21-12-10-18(3)11-13-21)16-22(24)19(4)14-20-8-6-5-7-9-20/h5-13,17,19,22,24H,14-16H2,1-4H3. The molecule has 0 fully saturated rings. The minimum absolute atomic E-state index is 0.0460. The lowest BCUT2D eigenvalue weighted by atomic mass is 9.96. The average Bonchev–Trinajstić information content (AvgIpc) is 2.62. The van der Waals surface area contributed by atoms with Crippen molar-refractivity contribution in [1.82, 2.24) is 4.31 Å². The first kappa shape index (κ1) is 21.6. The van der Waals surface area contributed by atoms with Crippen molar-refractivity contribution in [3.63, 3.8) is 0 Å². The van der Waals surface area contributed by atoms with E-state index < -0.39 is 16.1 Å². The SMILES string of the molecule is Cc1ccc(S(=O)(=O)N(CC(C)C)CC(O)C(C)Cc2ccccc2)cc1. The minimum Gasteiger partial charge on any atom is -0.391 e. The Morgan fingerprint density at radius 1 is 0.926 bits per heavy atom. The van der Waals surface area contributed by atoms with Crippen molar-refractivity contribution in [3.8, 4) is 0 Å². The highest BCUT2D eigenvalue weighted by atomic mass is 32.2. The molecule has 0 aromatic heterocycles. The van der Waals surface area contributed by atoms with Crippen LogP contribution >= 0.6 is 0 Å². The summed E-state index contributed by atoms with van der Waals surface area (Å²) in [5.41, 5.74) is 2.15. The van der Waals surface area contributed by atoms with Crippen molar-refractivity contribution in [2.45, 2.75) is 45.1 Å². The van der Waals surface area contributed by atoms with Crippen LogP contribution < -0.4 is 0 Å². The Balaban J connectivity index is 2.16. The number of aryl methyl sites for hydroxylation is 1. The van der Waals surface area contributed by atoms with E-state index >= 15 is 0 Å². The van der Waals surface area contributed by atoms with E-state index in [1.54, 1.807) is 24.3 Å². The van der Waals surface area contributed by atoms with Crippen LogP contribution in [-0.2, 0) is 16.4 Å². The van der Waals surface area contributed by atoms with E-state index in [9.17, 15) is 13.5 Å². The molecule has 2 aromatic rings. The lowest BCUT2D eigenvalue weighted by Gasteiger charge is -2.29. The summed E-state index contributed by atoms with van der Waals surface area (Å²) in [7, 11) is -3.64. The number of benzene rings is 2. The first-order valence-electron chi connectivity index (χ1n) is 9.49. The number of aliphatic hydroxyl groups is 1. The molecule has 0 aliphatic carbocycles. The molecule has 2 rings (SSSR count). The Morgan fingerprint density at radius 2 is 1.52 bits per heavy atom. The molecule has 2 atom stereocenters. The summed E-state index contributed by atoms with van der Waals surface area (Å²) in [4.78, 5) is 0.275. The molecule has 1 N–H and O–H groups in total. The topological polar surface area (TPSA) is 57.6 Å². The van der Waals surface area contributed by atoms with Gasteiger partial charge in [0, 0.05) is 13.1 Å². The minimum atomic E-state index is -3.64. The van der Waals surface area contributed by atoms with Crippen molar-refractivity contribution < 1.29 is 13.5 Å². The lowest BCUT2D eigenvalue weighted by molar-refractivity contribution is 0.0919. The van der Waals surface area contributed by atoms with Crippen molar-refractivity contribution in [1.29, 1.82) is 0 Å². The number of rotatable bonds is 9. The average molecular weight is 390 g/mol. The summed E-state index contributed by atoms with van der Waals surface area (Å²) in [6.07, 6.45) is -0.0218. The fraction of sp³-hybridized carbons (Fsp3) is 0.455. The van der Waals surface area contributed by atoms with E-state index in [4.69, 9.17) is 0 Å². The third kappa shape index (κ3) is 6.16. The highest BCUT2D eigenvalue weighted by Crippen LogP contribution is 2.21. The van der Waals surface area contributed by atoms with Crippen LogP contribution in [0.2, 0.25) is 0 Å². The van der Waals surface area contributed by atoms with Crippen molar-refractivity contribution >= 4 is 10.0 Å². The number of sulfonamides is 1. The second kappa shape index (κ2) is 9.49. The molecule has 0 bridgehead atoms. The smallest absolute Gasteiger partial charge is 0.243 e. The molecule has 5 heteroatoms. The Hall–Kier alpha value is -1.69. The number of nitrogens with zero attached hydrogens (tertiary/aromatic N) is 1. The van der Waals surface area contributed by atoms with Crippen LogP contribution in [0.4, 0.5) is 0 Å². The van der Waals surface area contributed by atoms with Gasteiger partial charge in [-0.15, -0.1) is 0 Å². The maximum atomic E-state index is 13.1. The van der Waals surface area contributed by atoms with Crippen LogP contribution in [0.1, 0.15) is 31.9 Å². The van der Waals surface area contributed by atoms with E-state index in [0.717, 1.165) is 11.1 Å². The van der Waals surface area contributed by atoms with Crippen LogP contribution in [0.3, 0.4) is 0 Å². The first-order chi connectivity index (χ1) is 12.7. The zero-order chi connectivity index (χ0) is 20.0. The second-order valence-electron chi connectivity index (χ2n) is 7.76. The van der Waals surface area contributed by atoms with Crippen molar-refractivity contribution in [2.75, 3.05) is 13.1 Å². The van der Waals surface area contributed by atoms with Gasteiger partial charge in [-0.25, -0.2) is 8.42 Å². The normalized spacial score (nSPS) is 14.5. The van der Waals surface area contributed by atoms with Gasteiger partial charge in [0.2, 0.25) is 10.0 Å². The van der Waals surface area contributed by atoms with Gasteiger partial charge in [0.05, 0.1) is 11.0 Å². The fourth-order valence-corrected chi connectivity index (χ4v) is 4.67. The molecule has 0 saturated carbocycles. The number of aliphatic hydroxyl groups excluding tert-OH is 1. The first-order valence-corrected chi connectivity index (χ1v) is 10.9. The molecule has 148 valence electrons. The largest absolute Gasteiger partial charge is 0.391 e. The number of hydrogen-bond donors (Lipinski definition) is 1. The van der Waals surface area contributed by atoms with Crippen LogP contribution in [-0.4, -0.2) is 37.0 Å². The third-order valence-electron chi connectivity index (χ3n) is 4.68. The van der Waals surface area contributed by atoms with E-state index in [0.29, 0.717) is 13.0 Å². The van der Waals surface area contributed by atoms with Gasteiger partial charge < -0.3 is 5.11 Å². The maximum Gasteiger partial charge on any atom is 0.243 e. The van der Waals surface area contributed by atoms with Gasteiger partial charge in [-0.05, 0) is 42.9 Å². The fourth-order valence-electron chi connectivity index (χ4n) is 3.05. The summed E-state index contributed by atoms with van der Waals surface area (Å²) >= 11 is 0. The van der Waals surface area contributed by atoms with Gasteiger partial charge in [0.1, 0.15) is 0 Å². The summed E-state index contributed by atoms with van der Waals surface area (Å²) in [5, 5.41) is 10.7. The molecule has 0 heterocycles. The predicted molar refractivity (Wildman–Crippen MR) is 110 cm³/mol. The molecule has 0 amide bonds. The zero-order valence-corrected chi connectivity index (χ0v) is 17.5. The van der Waals surface area contributed by atoms with Crippen LogP contribution in [0.15, 0.2) is 59.5 Å². The maximum absolute atomic E-state index is 13.1. The van der Waals surface area contributed by atoms with E-state index in [-0.39, 0.29) is 23.3 Å². The molecule has 0 aliphatic heterocycles. The van der Waals surface area contributed by atoms with Crippen LogP contribution in [0, 0.1) is 18.8 Å². The Morgan fingerprint density at radius 3 is 2.07 bits per heavy atom. The molecule has 0 spiro atoms. The molecule has 2 aromatic carbocycles. The summed E-state index contributed by atoms with van der Waals surface area (Å²) in [6.45, 7) is 8.34. The summed E-state index contributed by atoms with van der Waals surface area (Å²) < 4.78 is 27.6. The van der Waals surface area contributed by atoms with E-state index in [1.807, 2.05) is 58.0 Å². The predicted octanol–water partition coefficient (Wildman–Crippen LogP) is 3.88. The third-order valence-corrected chi connectivity index (χ3v) is 6.52.